The highest BCUT2D eigenvalue weighted by Crippen LogP contribution is 2.22. The van der Waals surface area contributed by atoms with E-state index in [-0.39, 0.29) is 12.0 Å². The molecule has 0 aliphatic carbocycles. The van der Waals surface area contributed by atoms with Crippen molar-refractivity contribution in [2.45, 2.75) is 19.4 Å². The van der Waals surface area contributed by atoms with Gasteiger partial charge in [-0.05, 0) is 6.92 Å². The van der Waals surface area contributed by atoms with E-state index in [9.17, 15) is 29.8 Å². The van der Waals surface area contributed by atoms with Crippen LogP contribution in [0.5, 0.6) is 0 Å². The van der Waals surface area contributed by atoms with E-state index in [2.05, 4.69) is 5.32 Å². The summed E-state index contributed by atoms with van der Waals surface area (Å²) in [6.45, 7) is 1.43. The van der Waals surface area contributed by atoms with Crippen LogP contribution in [0.25, 0.3) is 0 Å². The molecule has 1 atom stereocenters. The first-order valence-electron chi connectivity index (χ1n) is 5.67. The van der Waals surface area contributed by atoms with Crippen LogP contribution in [0.1, 0.15) is 23.7 Å². The maximum atomic E-state index is 11.8. The Bertz CT molecular complexity index is 582. The van der Waals surface area contributed by atoms with Crippen LogP contribution in [0.15, 0.2) is 18.2 Å². The molecule has 1 aromatic rings. The van der Waals surface area contributed by atoms with E-state index in [0.717, 1.165) is 18.2 Å². The van der Waals surface area contributed by atoms with Crippen LogP contribution in [-0.2, 0) is 4.79 Å². The van der Waals surface area contributed by atoms with E-state index >= 15 is 0 Å². The first kappa shape index (κ1) is 16.0. The predicted octanol–water partition coefficient (Wildman–Crippen LogP) is 1.10. The van der Waals surface area contributed by atoms with E-state index in [1.807, 2.05) is 0 Å². The molecule has 2 N–H and O–H groups in total. The number of aliphatic carboxylic acids is 1. The van der Waals surface area contributed by atoms with Crippen molar-refractivity contribution in [2.75, 3.05) is 0 Å². The number of nitrogens with one attached hydrogen (secondary N) is 1. The van der Waals surface area contributed by atoms with Gasteiger partial charge in [0.1, 0.15) is 0 Å². The monoisotopic (exact) mass is 297 g/mol. The highest BCUT2D eigenvalue weighted by Gasteiger charge is 2.21. The fraction of sp³-hybridized carbons (Fsp3) is 0.273. The molecule has 0 radical (unpaired) electrons. The van der Waals surface area contributed by atoms with Crippen LogP contribution in [0.3, 0.4) is 0 Å². The maximum Gasteiger partial charge on any atom is 0.305 e. The van der Waals surface area contributed by atoms with Crippen molar-refractivity contribution in [1.29, 1.82) is 0 Å². The number of carbonyl (C=O) groups is 2. The Kier molecular flexibility index (Phi) is 4.89. The molecule has 0 bridgehead atoms. The summed E-state index contributed by atoms with van der Waals surface area (Å²) in [5.74, 6) is -1.96. The lowest BCUT2D eigenvalue weighted by atomic mass is 10.1. The molecule has 1 rings (SSSR count). The van der Waals surface area contributed by atoms with Crippen molar-refractivity contribution in [2.24, 2.45) is 0 Å². The summed E-state index contributed by atoms with van der Waals surface area (Å²) in [4.78, 5) is 42.0. The van der Waals surface area contributed by atoms with Crippen molar-refractivity contribution in [3.8, 4) is 0 Å². The van der Waals surface area contributed by atoms with Gasteiger partial charge >= 0.3 is 5.97 Å². The largest absolute Gasteiger partial charge is 0.481 e. The molecule has 1 aromatic carbocycles. The zero-order chi connectivity index (χ0) is 16.2. The normalized spacial score (nSPS) is 11.5. The Morgan fingerprint density at radius 2 is 1.67 bits per heavy atom. The molecule has 0 spiro atoms. The van der Waals surface area contributed by atoms with Crippen LogP contribution in [0, 0.1) is 20.2 Å². The van der Waals surface area contributed by atoms with Gasteiger partial charge in [-0.25, -0.2) is 0 Å². The molecule has 0 heterocycles. The highest BCUT2D eigenvalue weighted by molar-refractivity contribution is 5.96. The molecule has 112 valence electrons. The molecule has 10 nitrogen and oxygen atoms in total. The summed E-state index contributed by atoms with van der Waals surface area (Å²) in [7, 11) is 0. The van der Waals surface area contributed by atoms with Crippen LogP contribution in [0.2, 0.25) is 0 Å². The van der Waals surface area contributed by atoms with Gasteiger partial charge in [-0.3, -0.25) is 29.8 Å². The second-order valence-electron chi connectivity index (χ2n) is 4.22. The minimum Gasteiger partial charge on any atom is -0.481 e. The maximum absolute atomic E-state index is 11.8. The Hall–Kier alpha value is -3.04. The van der Waals surface area contributed by atoms with Gasteiger partial charge in [-0.2, -0.15) is 0 Å². The second kappa shape index (κ2) is 6.41. The topological polar surface area (TPSA) is 153 Å². The van der Waals surface area contributed by atoms with Gasteiger partial charge in [-0.1, -0.05) is 0 Å². The molecule has 0 aliphatic heterocycles. The highest BCUT2D eigenvalue weighted by atomic mass is 16.6. The summed E-state index contributed by atoms with van der Waals surface area (Å²) in [6.07, 6.45) is -0.344. The Labute approximate surface area is 117 Å². The number of nitro groups is 2. The molecule has 21 heavy (non-hydrogen) atoms. The number of carboxylic acids is 1. The minimum atomic E-state index is -1.13. The number of rotatable bonds is 6. The molecule has 0 fully saturated rings. The van der Waals surface area contributed by atoms with Crippen LogP contribution < -0.4 is 5.32 Å². The van der Waals surface area contributed by atoms with Gasteiger partial charge in [0.05, 0.1) is 27.9 Å². The molecule has 10 heteroatoms. The van der Waals surface area contributed by atoms with Gasteiger partial charge in [0.25, 0.3) is 17.3 Å². The number of carbonyl (C=O) groups excluding carboxylic acids is 1. The number of benzene rings is 1. The van der Waals surface area contributed by atoms with Crippen LogP contribution in [0.4, 0.5) is 11.4 Å². The number of non-ortho nitro benzene ring substituents is 2. The molecule has 0 aliphatic rings. The second-order valence-corrected chi connectivity index (χ2v) is 4.22. The number of amides is 1. The van der Waals surface area contributed by atoms with Gasteiger partial charge in [0.15, 0.2) is 0 Å². The van der Waals surface area contributed by atoms with Crippen LogP contribution >= 0.6 is 0 Å². The van der Waals surface area contributed by atoms with E-state index in [0.29, 0.717) is 0 Å². The lowest BCUT2D eigenvalue weighted by Crippen LogP contribution is -2.34. The Morgan fingerprint density at radius 1 is 1.19 bits per heavy atom. The Balaban J connectivity index is 3.05. The molecule has 1 unspecified atom stereocenters. The van der Waals surface area contributed by atoms with Gasteiger partial charge in [-0.15, -0.1) is 0 Å². The number of hydrogen-bond acceptors (Lipinski definition) is 6. The Morgan fingerprint density at radius 3 is 2.05 bits per heavy atom. The fourth-order valence-electron chi connectivity index (χ4n) is 1.56. The first-order valence-corrected chi connectivity index (χ1v) is 5.67. The summed E-state index contributed by atoms with van der Waals surface area (Å²) in [6, 6.07) is 1.77. The van der Waals surface area contributed by atoms with Crippen molar-refractivity contribution in [3.63, 3.8) is 0 Å². The number of carboxylic acid groups (broad SMARTS) is 1. The lowest BCUT2D eigenvalue weighted by Gasteiger charge is -2.11. The van der Waals surface area contributed by atoms with Crippen molar-refractivity contribution in [3.05, 3.63) is 44.0 Å². The third kappa shape index (κ3) is 4.53. The third-order valence-electron chi connectivity index (χ3n) is 2.44. The summed E-state index contributed by atoms with van der Waals surface area (Å²) in [5, 5.41) is 32.2. The smallest absolute Gasteiger partial charge is 0.305 e. The van der Waals surface area contributed by atoms with E-state index in [1.54, 1.807) is 0 Å². The zero-order valence-electron chi connectivity index (χ0n) is 10.8. The number of nitro benzene ring substituents is 2. The summed E-state index contributed by atoms with van der Waals surface area (Å²) >= 11 is 0. The van der Waals surface area contributed by atoms with Gasteiger partial charge in [0.2, 0.25) is 0 Å². The molecular weight excluding hydrogens is 286 g/mol. The standard InChI is InChI=1S/C11H11N3O7/c1-6(2-10(15)16)12-11(17)7-3-8(13(18)19)5-9(4-7)14(20)21/h3-6H,2H2,1H3,(H,12,17)(H,15,16). The average Bonchev–Trinajstić information content (AvgIpc) is 2.36. The fourth-order valence-corrected chi connectivity index (χ4v) is 1.56. The average molecular weight is 297 g/mol. The van der Waals surface area contributed by atoms with Crippen molar-refractivity contribution in [1.82, 2.24) is 5.32 Å². The molecule has 0 saturated carbocycles. The molecule has 0 saturated heterocycles. The summed E-state index contributed by atoms with van der Waals surface area (Å²) in [5.41, 5.74) is -1.48. The van der Waals surface area contributed by atoms with Crippen LogP contribution in [-0.4, -0.2) is 32.9 Å². The molecule has 1 amide bonds. The molecule has 0 aromatic heterocycles. The molecular formula is C11H11N3O7. The third-order valence-corrected chi connectivity index (χ3v) is 2.44. The van der Waals surface area contributed by atoms with E-state index in [1.165, 1.54) is 6.92 Å². The quantitative estimate of drug-likeness (QED) is 0.588. The number of nitrogens with zero attached hydrogens (tertiary/aromatic N) is 2. The van der Waals surface area contributed by atoms with Crippen molar-refractivity contribution < 1.29 is 24.5 Å². The minimum absolute atomic E-state index is 0.284. The number of hydrogen-bond donors (Lipinski definition) is 2. The summed E-state index contributed by atoms with van der Waals surface area (Å²) < 4.78 is 0. The van der Waals surface area contributed by atoms with Gasteiger partial charge < -0.3 is 10.4 Å². The lowest BCUT2D eigenvalue weighted by molar-refractivity contribution is -0.394. The van der Waals surface area contributed by atoms with E-state index < -0.39 is 39.1 Å². The first-order chi connectivity index (χ1) is 9.70. The van der Waals surface area contributed by atoms with E-state index in [4.69, 9.17) is 5.11 Å². The van der Waals surface area contributed by atoms with Crippen molar-refractivity contribution >= 4 is 23.3 Å². The van der Waals surface area contributed by atoms with Gasteiger partial charge in [0, 0.05) is 18.2 Å². The SMILES string of the molecule is CC(CC(=O)O)NC(=O)c1cc([N+](=O)[O-])cc([N+](=O)[O-])c1. The predicted molar refractivity (Wildman–Crippen MR) is 68.9 cm³/mol. The zero-order valence-corrected chi connectivity index (χ0v) is 10.8.